The van der Waals surface area contributed by atoms with Crippen molar-refractivity contribution in [1.82, 2.24) is 0 Å². The van der Waals surface area contributed by atoms with Crippen molar-refractivity contribution in [3.8, 4) is 0 Å². The molecule has 17 heavy (non-hydrogen) atoms. The van der Waals surface area contributed by atoms with Crippen molar-refractivity contribution in [3.63, 3.8) is 0 Å². The molecular weight excluding hydrogens is 212 g/mol. The van der Waals surface area contributed by atoms with Gasteiger partial charge in [-0.1, -0.05) is 25.7 Å². The molecule has 2 nitrogen and oxygen atoms in total. The predicted molar refractivity (Wildman–Crippen MR) is 66.3 cm³/mol. The zero-order valence-corrected chi connectivity index (χ0v) is 10.9. The van der Waals surface area contributed by atoms with Crippen LogP contribution in [0.15, 0.2) is 24.3 Å². The van der Waals surface area contributed by atoms with Crippen LogP contribution in [0.25, 0.3) is 0 Å². The molecular formula is C15H20O2. The molecule has 0 N–H and O–H groups in total. The Morgan fingerprint density at radius 1 is 1.41 bits per heavy atom. The Kier molecular flexibility index (Phi) is 1.85. The van der Waals surface area contributed by atoms with Crippen LogP contribution in [0.3, 0.4) is 0 Å². The van der Waals surface area contributed by atoms with Crippen molar-refractivity contribution >= 4 is 5.97 Å². The molecule has 92 valence electrons. The summed E-state index contributed by atoms with van der Waals surface area (Å²) >= 11 is 0. The van der Waals surface area contributed by atoms with E-state index in [4.69, 9.17) is 4.74 Å². The quantitative estimate of drug-likeness (QED) is 0.415. The second-order valence-electron chi connectivity index (χ2n) is 6.47. The molecule has 2 heteroatoms. The van der Waals surface area contributed by atoms with Crippen LogP contribution in [0, 0.1) is 16.7 Å². The van der Waals surface area contributed by atoms with E-state index in [1.807, 2.05) is 0 Å². The van der Waals surface area contributed by atoms with Crippen molar-refractivity contribution < 1.29 is 9.53 Å². The third-order valence-corrected chi connectivity index (χ3v) is 5.57. The monoisotopic (exact) mass is 232 g/mol. The number of ether oxygens (including phenoxy) is 1. The summed E-state index contributed by atoms with van der Waals surface area (Å²) in [5.74, 6) is 0.435. The fraction of sp³-hybridized carbons (Fsp3) is 0.667. The number of hydrogen-bond acceptors (Lipinski definition) is 2. The van der Waals surface area contributed by atoms with Crippen LogP contribution in [0.2, 0.25) is 0 Å². The molecule has 2 bridgehead atoms. The lowest BCUT2D eigenvalue weighted by molar-refractivity contribution is -0.176. The van der Waals surface area contributed by atoms with E-state index in [1.54, 1.807) is 6.92 Å². The predicted octanol–water partition coefficient (Wildman–Crippen LogP) is 3.24. The van der Waals surface area contributed by atoms with E-state index in [1.165, 1.54) is 19.3 Å². The molecule has 3 aliphatic rings. The van der Waals surface area contributed by atoms with Gasteiger partial charge in [-0.3, -0.25) is 0 Å². The first-order valence-electron chi connectivity index (χ1n) is 6.44. The van der Waals surface area contributed by atoms with Crippen molar-refractivity contribution in [2.45, 2.75) is 45.6 Å². The van der Waals surface area contributed by atoms with Gasteiger partial charge in [0.2, 0.25) is 0 Å². The molecule has 0 amide bonds. The molecule has 0 aromatic heterocycles. The van der Waals surface area contributed by atoms with E-state index in [0.717, 1.165) is 0 Å². The van der Waals surface area contributed by atoms with Crippen LogP contribution < -0.4 is 0 Å². The summed E-state index contributed by atoms with van der Waals surface area (Å²) in [7, 11) is 0. The van der Waals surface area contributed by atoms with Gasteiger partial charge in [0.25, 0.3) is 0 Å². The SMILES string of the molecule is C=C(C)C(=O)OC1(C)C2(C)CCC(C2)C12C=C2. The molecule has 3 unspecified atom stereocenters. The maximum Gasteiger partial charge on any atom is 0.333 e. The topological polar surface area (TPSA) is 26.3 Å². The van der Waals surface area contributed by atoms with Gasteiger partial charge in [0.1, 0.15) is 5.60 Å². The Morgan fingerprint density at radius 3 is 2.59 bits per heavy atom. The summed E-state index contributed by atoms with van der Waals surface area (Å²) < 4.78 is 5.87. The third-order valence-electron chi connectivity index (χ3n) is 5.57. The van der Waals surface area contributed by atoms with Gasteiger partial charge in [-0.2, -0.15) is 0 Å². The lowest BCUT2D eigenvalue weighted by atomic mass is 9.65. The molecule has 3 aliphatic carbocycles. The summed E-state index contributed by atoms with van der Waals surface area (Å²) in [6.07, 6.45) is 8.10. The standard InChI is InChI=1S/C15H20O2/c1-10(2)12(16)17-14(4)13(3)6-5-11(9-13)15(14)7-8-15/h7-8,11H,1,5-6,9H2,2-4H3. The Balaban J connectivity index is 1.95. The van der Waals surface area contributed by atoms with Gasteiger partial charge in [0.05, 0.1) is 0 Å². The summed E-state index contributed by atoms with van der Waals surface area (Å²) in [6.45, 7) is 9.79. The second kappa shape index (κ2) is 2.85. The summed E-state index contributed by atoms with van der Waals surface area (Å²) in [5, 5.41) is 0. The second-order valence-corrected chi connectivity index (χ2v) is 6.47. The lowest BCUT2D eigenvalue weighted by Crippen LogP contribution is -2.52. The normalized spacial score (nSPS) is 44.1. The lowest BCUT2D eigenvalue weighted by Gasteiger charge is -2.47. The third kappa shape index (κ3) is 1.09. The van der Waals surface area contributed by atoms with E-state index in [-0.39, 0.29) is 22.4 Å². The number of esters is 1. The zero-order valence-electron chi connectivity index (χ0n) is 10.9. The fourth-order valence-electron chi connectivity index (χ4n) is 4.16. The van der Waals surface area contributed by atoms with Gasteiger partial charge in [0, 0.05) is 16.4 Å². The van der Waals surface area contributed by atoms with Crippen LogP contribution in [-0.2, 0) is 9.53 Å². The molecule has 2 saturated carbocycles. The average molecular weight is 232 g/mol. The summed E-state index contributed by atoms with van der Waals surface area (Å²) in [4.78, 5) is 11.9. The van der Waals surface area contributed by atoms with Gasteiger partial charge in [-0.05, 0) is 39.0 Å². The Bertz CT molecular complexity index is 438. The smallest absolute Gasteiger partial charge is 0.333 e. The number of carbonyl (C=O) groups excluding carboxylic acids is 1. The summed E-state index contributed by atoms with van der Waals surface area (Å²) in [6, 6.07) is 0. The van der Waals surface area contributed by atoms with Crippen LogP contribution >= 0.6 is 0 Å². The first-order valence-corrected chi connectivity index (χ1v) is 6.44. The molecule has 3 atom stereocenters. The van der Waals surface area contributed by atoms with Gasteiger partial charge in [-0.15, -0.1) is 0 Å². The first kappa shape index (κ1) is 11.1. The van der Waals surface area contributed by atoms with E-state index >= 15 is 0 Å². The molecule has 0 aromatic carbocycles. The zero-order chi connectivity index (χ0) is 12.5. The number of carbonyl (C=O) groups is 1. The highest BCUT2D eigenvalue weighted by Crippen LogP contribution is 2.74. The van der Waals surface area contributed by atoms with E-state index < -0.39 is 0 Å². The molecule has 0 aliphatic heterocycles. The highest BCUT2D eigenvalue weighted by molar-refractivity contribution is 5.87. The average Bonchev–Trinajstić information content (AvgIpc) is 2.92. The van der Waals surface area contributed by atoms with Crippen LogP contribution in [-0.4, -0.2) is 11.6 Å². The molecule has 2 fully saturated rings. The molecule has 0 radical (unpaired) electrons. The largest absolute Gasteiger partial charge is 0.454 e. The molecule has 0 aromatic rings. The van der Waals surface area contributed by atoms with Crippen LogP contribution in [0.5, 0.6) is 0 Å². The highest BCUT2D eigenvalue weighted by atomic mass is 16.6. The minimum Gasteiger partial charge on any atom is -0.454 e. The minimum absolute atomic E-state index is 0.0606. The Morgan fingerprint density at radius 2 is 2.06 bits per heavy atom. The number of hydrogen-bond donors (Lipinski definition) is 0. The number of fused-ring (bicyclic) bond motifs is 3. The molecule has 0 saturated heterocycles. The fourth-order valence-corrected chi connectivity index (χ4v) is 4.16. The van der Waals surface area contributed by atoms with Gasteiger partial charge in [0.15, 0.2) is 0 Å². The van der Waals surface area contributed by atoms with E-state index in [9.17, 15) is 4.79 Å². The summed E-state index contributed by atoms with van der Waals surface area (Å²) in [5.41, 5.74) is 0.324. The van der Waals surface area contributed by atoms with E-state index in [2.05, 4.69) is 32.6 Å². The maximum absolute atomic E-state index is 11.9. The Hall–Kier alpha value is -1.05. The van der Waals surface area contributed by atoms with Crippen LogP contribution in [0.4, 0.5) is 0 Å². The minimum atomic E-state index is -0.362. The molecule has 3 rings (SSSR count). The molecule has 1 spiro atoms. The van der Waals surface area contributed by atoms with Crippen molar-refractivity contribution in [2.75, 3.05) is 0 Å². The van der Waals surface area contributed by atoms with Crippen molar-refractivity contribution in [1.29, 1.82) is 0 Å². The maximum atomic E-state index is 11.9. The van der Waals surface area contributed by atoms with Crippen molar-refractivity contribution in [3.05, 3.63) is 24.3 Å². The highest BCUT2D eigenvalue weighted by Gasteiger charge is 2.74. The Labute approximate surface area is 103 Å². The van der Waals surface area contributed by atoms with E-state index in [0.29, 0.717) is 11.5 Å². The van der Waals surface area contributed by atoms with Gasteiger partial charge >= 0.3 is 5.97 Å². The number of rotatable bonds is 2. The van der Waals surface area contributed by atoms with Crippen molar-refractivity contribution in [2.24, 2.45) is 16.7 Å². The molecule has 0 heterocycles. The van der Waals surface area contributed by atoms with Gasteiger partial charge < -0.3 is 4.74 Å². The van der Waals surface area contributed by atoms with Crippen LogP contribution in [0.1, 0.15) is 40.0 Å². The van der Waals surface area contributed by atoms with Gasteiger partial charge in [-0.25, -0.2) is 4.79 Å². The first-order chi connectivity index (χ1) is 7.85.